The fourth-order valence-electron chi connectivity index (χ4n) is 0.763. The number of carboxylic acids is 2. The van der Waals surface area contributed by atoms with Gasteiger partial charge in [-0.25, -0.2) is 9.59 Å². The van der Waals surface area contributed by atoms with Gasteiger partial charge < -0.3 is 15.5 Å². The molecule has 5 heteroatoms. The molecule has 0 aliphatic carbocycles. The minimum Gasteiger partial charge on any atom is -0.478 e. The van der Waals surface area contributed by atoms with Gasteiger partial charge in [0.1, 0.15) is 0 Å². The lowest BCUT2D eigenvalue weighted by Gasteiger charge is -1.91. The van der Waals surface area contributed by atoms with Crippen LogP contribution in [0.2, 0.25) is 0 Å². The second-order valence-electron chi connectivity index (χ2n) is 2.31. The topological polar surface area (TPSA) is 86.6 Å². The van der Waals surface area contributed by atoms with Gasteiger partial charge in [0.2, 0.25) is 0 Å². The van der Waals surface area contributed by atoms with Crippen LogP contribution in [0.3, 0.4) is 0 Å². The normalized spacial score (nSPS) is 15.1. The molecule has 0 unspecified atom stereocenters. The first-order valence-electron chi connectivity index (χ1n) is 3.42. The molecule has 0 saturated heterocycles. The van der Waals surface area contributed by atoms with Crippen molar-refractivity contribution >= 4 is 11.9 Å². The first-order valence-corrected chi connectivity index (χ1v) is 3.42. The summed E-state index contributed by atoms with van der Waals surface area (Å²) in [7, 11) is 0. The largest absolute Gasteiger partial charge is 0.478 e. The molecule has 0 atom stereocenters. The smallest absolute Gasteiger partial charge is 0.337 e. The molecule has 0 radical (unpaired) electrons. The van der Waals surface area contributed by atoms with Gasteiger partial charge in [0.05, 0.1) is 11.1 Å². The number of nitrogens with one attached hydrogen (secondary N) is 1. The molecule has 68 valence electrons. The van der Waals surface area contributed by atoms with Gasteiger partial charge in [-0.2, -0.15) is 0 Å². The molecule has 0 aromatic rings. The fraction of sp³-hybridized carbons (Fsp3) is 0. The van der Waals surface area contributed by atoms with E-state index in [1.807, 2.05) is 0 Å². The Kier molecular flexibility index (Phi) is 2.49. The van der Waals surface area contributed by atoms with Crippen molar-refractivity contribution in [3.8, 4) is 0 Å². The van der Waals surface area contributed by atoms with Gasteiger partial charge in [0.25, 0.3) is 0 Å². The Morgan fingerprint density at radius 3 is 1.69 bits per heavy atom. The van der Waals surface area contributed by atoms with Crippen LogP contribution in [0.4, 0.5) is 0 Å². The minimum absolute atomic E-state index is 0.00694. The number of carbonyl (C=O) groups is 2. The van der Waals surface area contributed by atoms with Crippen LogP contribution in [0.25, 0.3) is 0 Å². The first kappa shape index (κ1) is 9.05. The van der Waals surface area contributed by atoms with Crippen LogP contribution in [0, 0.1) is 0 Å². The monoisotopic (exact) mass is 181 g/mol. The van der Waals surface area contributed by atoms with Crippen molar-refractivity contribution in [3.63, 3.8) is 0 Å². The summed E-state index contributed by atoms with van der Waals surface area (Å²) in [6.45, 7) is 0. The first-order chi connectivity index (χ1) is 6.11. The second-order valence-corrected chi connectivity index (χ2v) is 2.31. The highest BCUT2D eigenvalue weighted by Gasteiger charge is 2.08. The molecule has 0 amide bonds. The van der Waals surface area contributed by atoms with Crippen LogP contribution in [-0.4, -0.2) is 22.2 Å². The van der Waals surface area contributed by atoms with Crippen molar-refractivity contribution in [2.24, 2.45) is 0 Å². The molecule has 1 aliphatic rings. The Hall–Kier alpha value is -2.04. The number of hydrogen-bond donors (Lipinski definition) is 3. The van der Waals surface area contributed by atoms with Crippen molar-refractivity contribution in [1.29, 1.82) is 0 Å². The molecule has 1 aliphatic heterocycles. The molecule has 1 heterocycles. The summed E-state index contributed by atoms with van der Waals surface area (Å²) < 4.78 is 0. The average Bonchev–Trinajstić information content (AvgIpc) is 2.27. The van der Waals surface area contributed by atoms with Gasteiger partial charge in [-0.1, -0.05) is 0 Å². The van der Waals surface area contributed by atoms with Crippen LogP contribution in [0.1, 0.15) is 0 Å². The van der Waals surface area contributed by atoms with Gasteiger partial charge in [0.15, 0.2) is 0 Å². The second kappa shape index (κ2) is 3.57. The van der Waals surface area contributed by atoms with Crippen molar-refractivity contribution in [3.05, 3.63) is 35.7 Å². The summed E-state index contributed by atoms with van der Waals surface area (Å²) in [5.41, 5.74) is 0.0139. The van der Waals surface area contributed by atoms with E-state index in [1.165, 1.54) is 24.6 Å². The Bertz CT molecular complexity index is 306. The third-order valence-corrected chi connectivity index (χ3v) is 1.41. The third-order valence-electron chi connectivity index (χ3n) is 1.41. The van der Waals surface area contributed by atoms with E-state index in [0.29, 0.717) is 0 Å². The number of aliphatic carboxylic acids is 2. The van der Waals surface area contributed by atoms with Gasteiger partial charge in [-0.15, -0.1) is 0 Å². The summed E-state index contributed by atoms with van der Waals surface area (Å²) >= 11 is 0. The Morgan fingerprint density at radius 2 is 1.38 bits per heavy atom. The molecule has 13 heavy (non-hydrogen) atoms. The van der Waals surface area contributed by atoms with E-state index in [4.69, 9.17) is 10.2 Å². The van der Waals surface area contributed by atoms with E-state index in [9.17, 15) is 9.59 Å². The SMILES string of the molecule is O=C(O)C1=CNC=C(C(=O)O)C=C1. The van der Waals surface area contributed by atoms with Crippen molar-refractivity contribution < 1.29 is 19.8 Å². The third kappa shape index (κ3) is 2.19. The molecule has 0 saturated carbocycles. The Balaban J connectivity index is 2.86. The maximum atomic E-state index is 10.5. The van der Waals surface area contributed by atoms with Crippen molar-refractivity contribution in [1.82, 2.24) is 5.32 Å². The summed E-state index contributed by atoms with van der Waals surface area (Å²) in [4.78, 5) is 20.9. The quantitative estimate of drug-likeness (QED) is 0.561. The van der Waals surface area contributed by atoms with Crippen LogP contribution in [0.5, 0.6) is 0 Å². The number of carboxylic acid groups (broad SMARTS) is 2. The average molecular weight is 181 g/mol. The summed E-state index contributed by atoms with van der Waals surface area (Å²) in [6.07, 6.45) is 4.88. The lowest BCUT2D eigenvalue weighted by atomic mass is 10.2. The van der Waals surface area contributed by atoms with E-state index in [-0.39, 0.29) is 11.1 Å². The zero-order valence-corrected chi connectivity index (χ0v) is 6.52. The predicted molar refractivity (Wildman–Crippen MR) is 43.7 cm³/mol. The summed E-state index contributed by atoms with van der Waals surface area (Å²) in [6, 6.07) is 0. The standard InChI is InChI=1S/C8H7NO4/c10-7(11)5-1-2-6(8(12)13)4-9-3-5/h1-4,9H,(H,10,11)(H,12,13). The molecule has 3 N–H and O–H groups in total. The molecule has 0 bridgehead atoms. The zero-order valence-electron chi connectivity index (χ0n) is 6.52. The molecule has 0 aromatic heterocycles. The maximum Gasteiger partial charge on any atom is 0.337 e. The molecule has 0 fully saturated rings. The highest BCUT2D eigenvalue weighted by Crippen LogP contribution is 2.05. The van der Waals surface area contributed by atoms with E-state index in [1.54, 1.807) is 0 Å². The van der Waals surface area contributed by atoms with E-state index in [0.717, 1.165) is 0 Å². The van der Waals surface area contributed by atoms with Crippen LogP contribution >= 0.6 is 0 Å². The van der Waals surface area contributed by atoms with Gasteiger partial charge >= 0.3 is 11.9 Å². The van der Waals surface area contributed by atoms with Crippen LogP contribution in [-0.2, 0) is 9.59 Å². The molecule has 0 aromatic carbocycles. The highest BCUT2D eigenvalue weighted by atomic mass is 16.4. The Labute approximate surface area is 73.7 Å². The molecular weight excluding hydrogens is 174 g/mol. The van der Waals surface area contributed by atoms with Crippen LogP contribution in [0.15, 0.2) is 35.7 Å². The molecule has 5 nitrogen and oxygen atoms in total. The molecule has 1 rings (SSSR count). The van der Waals surface area contributed by atoms with Gasteiger partial charge in [-0.05, 0) is 12.2 Å². The van der Waals surface area contributed by atoms with Crippen molar-refractivity contribution in [2.45, 2.75) is 0 Å². The lowest BCUT2D eigenvalue weighted by Crippen LogP contribution is -2.03. The van der Waals surface area contributed by atoms with E-state index < -0.39 is 11.9 Å². The lowest BCUT2D eigenvalue weighted by molar-refractivity contribution is -0.133. The maximum absolute atomic E-state index is 10.5. The van der Waals surface area contributed by atoms with E-state index in [2.05, 4.69) is 5.32 Å². The number of rotatable bonds is 2. The van der Waals surface area contributed by atoms with Crippen LogP contribution < -0.4 is 5.32 Å². The number of hydrogen-bond acceptors (Lipinski definition) is 3. The van der Waals surface area contributed by atoms with E-state index >= 15 is 0 Å². The van der Waals surface area contributed by atoms with Gasteiger partial charge in [0, 0.05) is 12.4 Å². The molecular formula is C8H7NO4. The Morgan fingerprint density at radius 1 is 1.00 bits per heavy atom. The summed E-state index contributed by atoms with van der Waals surface area (Å²) in [5, 5.41) is 19.6. The zero-order chi connectivity index (χ0) is 9.84. The van der Waals surface area contributed by atoms with Crippen molar-refractivity contribution in [2.75, 3.05) is 0 Å². The molecule has 0 spiro atoms. The van der Waals surface area contributed by atoms with Gasteiger partial charge in [-0.3, -0.25) is 0 Å². The fourth-order valence-corrected chi connectivity index (χ4v) is 0.763. The summed E-state index contributed by atoms with van der Waals surface area (Å²) in [5.74, 6) is -2.22. The highest BCUT2D eigenvalue weighted by molar-refractivity contribution is 5.93. The predicted octanol–water partition coefficient (Wildman–Crippen LogP) is 0.0828. The minimum atomic E-state index is -1.11.